The molecule has 2 amide bonds. The van der Waals surface area contributed by atoms with Gasteiger partial charge in [0.25, 0.3) is 0 Å². The van der Waals surface area contributed by atoms with E-state index in [1.54, 1.807) is 16.8 Å². The number of nitrogens with two attached hydrogens (primary N) is 1. The summed E-state index contributed by atoms with van der Waals surface area (Å²) in [7, 11) is 1.72. The Bertz CT molecular complexity index is 568. The molecule has 0 radical (unpaired) electrons. The lowest BCUT2D eigenvalue weighted by Gasteiger charge is -2.26. The third-order valence-electron chi connectivity index (χ3n) is 4.72. The number of benzene rings is 1. The van der Waals surface area contributed by atoms with Gasteiger partial charge < -0.3 is 15.5 Å². The molecule has 0 spiro atoms. The standard InChI is InChI=1S/C18H27N3O2/c1-12(2)14-5-7-15(8-6-14)21-10-9-16(18(21)23)17(22)20(4)13(3)11-19/h5-8,12-13,16H,9-11,19H2,1-4H3. The number of hydrogen-bond acceptors (Lipinski definition) is 3. The molecule has 0 aromatic heterocycles. The van der Waals surface area contributed by atoms with E-state index in [1.165, 1.54) is 5.56 Å². The van der Waals surface area contributed by atoms with Gasteiger partial charge in [0.1, 0.15) is 5.92 Å². The maximum Gasteiger partial charge on any atom is 0.239 e. The van der Waals surface area contributed by atoms with Crippen LogP contribution in [0.25, 0.3) is 0 Å². The topological polar surface area (TPSA) is 66.6 Å². The summed E-state index contributed by atoms with van der Waals surface area (Å²) >= 11 is 0. The van der Waals surface area contributed by atoms with Crippen molar-refractivity contribution in [1.29, 1.82) is 0 Å². The Morgan fingerprint density at radius 3 is 2.43 bits per heavy atom. The minimum absolute atomic E-state index is 0.0605. The molecule has 1 aliphatic rings. The summed E-state index contributed by atoms with van der Waals surface area (Å²) in [5.41, 5.74) is 7.72. The van der Waals surface area contributed by atoms with Crippen LogP contribution in [0.5, 0.6) is 0 Å². The Kier molecular flexibility index (Phi) is 5.42. The van der Waals surface area contributed by atoms with E-state index < -0.39 is 5.92 Å². The highest BCUT2D eigenvalue weighted by Gasteiger charge is 2.39. The van der Waals surface area contributed by atoms with Gasteiger partial charge in [0.15, 0.2) is 0 Å². The Morgan fingerprint density at radius 2 is 1.91 bits per heavy atom. The normalized spacial score (nSPS) is 19.3. The molecule has 1 aliphatic heterocycles. The van der Waals surface area contributed by atoms with E-state index in [0.717, 1.165) is 5.69 Å². The number of anilines is 1. The van der Waals surface area contributed by atoms with Crippen LogP contribution in [-0.2, 0) is 9.59 Å². The number of amides is 2. The molecule has 2 N–H and O–H groups in total. The maximum atomic E-state index is 12.6. The largest absolute Gasteiger partial charge is 0.341 e. The smallest absolute Gasteiger partial charge is 0.239 e. The van der Waals surface area contributed by atoms with Gasteiger partial charge in [0, 0.05) is 31.9 Å². The lowest BCUT2D eigenvalue weighted by molar-refractivity contribution is -0.140. The molecule has 2 atom stereocenters. The monoisotopic (exact) mass is 317 g/mol. The van der Waals surface area contributed by atoms with Crippen molar-refractivity contribution in [3.05, 3.63) is 29.8 Å². The second-order valence-electron chi connectivity index (χ2n) is 6.61. The number of nitrogens with zero attached hydrogens (tertiary/aromatic N) is 2. The molecule has 0 bridgehead atoms. The molecule has 0 aliphatic carbocycles. The van der Waals surface area contributed by atoms with Crippen molar-refractivity contribution in [2.75, 3.05) is 25.0 Å². The summed E-state index contributed by atoms with van der Waals surface area (Å²) in [6.07, 6.45) is 0.561. The summed E-state index contributed by atoms with van der Waals surface area (Å²) in [6.45, 7) is 7.14. The molecule has 0 saturated carbocycles. The van der Waals surface area contributed by atoms with Crippen LogP contribution >= 0.6 is 0 Å². The third-order valence-corrected chi connectivity index (χ3v) is 4.72. The van der Waals surface area contributed by atoms with Crippen LogP contribution in [0.2, 0.25) is 0 Å². The van der Waals surface area contributed by atoms with E-state index in [-0.39, 0.29) is 17.9 Å². The average Bonchev–Trinajstić information content (AvgIpc) is 2.94. The quantitative estimate of drug-likeness (QED) is 0.844. The van der Waals surface area contributed by atoms with Gasteiger partial charge in [0.05, 0.1) is 0 Å². The van der Waals surface area contributed by atoms with Crippen LogP contribution in [-0.4, -0.2) is 42.9 Å². The summed E-state index contributed by atoms with van der Waals surface area (Å²) in [6, 6.07) is 7.96. The Labute approximate surface area is 138 Å². The molecule has 5 nitrogen and oxygen atoms in total. The van der Waals surface area contributed by atoms with Gasteiger partial charge in [-0.05, 0) is 37.0 Å². The average molecular weight is 317 g/mol. The van der Waals surface area contributed by atoms with Crippen molar-refractivity contribution in [2.24, 2.45) is 11.7 Å². The first-order valence-electron chi connectivity index (χ1n) is 8.24. The van der Waals surface area contributed by atoms with Crippen molar-refractivity contribution in [1.82, 2.24) is 4.90 Å². The highest BCUT2D eigenvalue weighted by Crippen LogP contribution is 2.28. The lowest BCUT2D eigenvalue weighted by atomic mass is 10.0. The van der Waals surface area contributed by atoms with Crippen LogP contribution < -0.4 is 10.6 Å². The summed E-state index contributed by atoms with van der Waals surface area (Å²) in [5.74, 6) is -0.365. The van der Waals surface area contributed by atoms with E-state index >= 15 is 0 Å². The van der Waals surface area contributed by atoms with Crippen LogP contribution in [0.15, 0.2) is 24.3 Å². The van der Waals surface area contributed by atoms with Gasteiger partial charge in [-0.3, -0.25) is 9.59 Å². The summed E-state index contributed by atoms with van der Waals surface area (Å²) in [4.78, 5) is 28.4. The fourth-order valence-corrected chi connectivity index (χ4v) is 2.83. The first-order chi connectivity index (χ1) is 10.9. The predicted molar refractivity (Wildman–Crippen MR) is 92.3 cm³/mol. The second kappa shape index (κ2) is 7.13. The van der Waals surface area contributed by atoms with E-state index in [2.05, 4.69) is 13.8 Å². The molecule has 1 aromatic rings. The maximum absolute atomic E-state index is 12.6. The zero-order valence-electron chi connectivity index (χ0n) is 14.5. The molecule has 23 heavy (non-hydrogen) atoms. The van der Waals surface area contributed by atoms with Gasteiger partial charge in [-0.1, -0.05) is 26.0 Å². The highest BCUT2D eigenvalue weighted by atomic mass is 16.2. The highest BCUT2D eigenvalue weighted by molar-refractivity contribution is 6.09. The van der Waals surface area contributed by atoms with Gasteiger partial charge in [-0.2, -0.15) is 0 Å². The van der Waals surface area contributed by atoms with E-state index in [9.17, 15) is 9.59 Å². The fourth-order valence-electron chi connectivity index (χ4n) is 2.83. The molecule has 1 fully saturated rings. The Morgan fingerprint density at radius 1 is 1.30 bits per heavy atom. The minimum atomic E-state index is -0.584. The van der Waals surface area contributed by atoms with E-state index in [1.807, 2.05) is 31.2 Å². The molecular weight excluding hydrogens is 290 g/mol. The number of hydrogen-bond donors (Lipinski definition) is 1. The van der Waals surface area contributed by atoms with Gasteiger partial charge in [-0.15, -0.1) is 0 Å². The Balaban J connectivity index is 2.11. The third kappa shape index (κ3) is 3.55. The minimum Gasteiger partial charge on any atom is -0.341 e. The second-order valence-corrected chi connectivity index (χ2v) is 6.61. The summed E-state index contributed by atoms with van der Waals surface area (Å²) in [5, 5.41) is 0. The fraction of sp³-hybridized carbons (Fsp3) is 0.556. The van der Waals surface area contributed by atoms with Crippen molar-refractivity contribution < 1.29 is 9.59 Å². The number of rotatable bonds is 5. The predicted octanol–water partition coefficient (Wildman–Crippen LogP) is 1.97. The first-order valence-corrected chi connectivity index (χ1v) is 8.24. The molecule has 5 heteroatoms. The molecule has 2 rings (SSSR count). The van der Waals surface area contributed by atoms with Crippen LogP contribution in [0.1, 0.15) is 38.7 Å². The van der Waals surface area contributed by atoms with Gasteiger partial charge in [-0.25, -0.2) is 0 Å². The van der Waals surface area contributed by atoms with E-state index in [0.29, 0.717) is 25.4 Å². The molecule has 1 heterocycles. The van der Waals surface area contributed by atoms with Crippen LogP contribution in [0.3, 0.4) is 0 Å². The van der Waals surface area contributed by atoms with Crippen LogP contribution in [0, 0.1) is 5.92 Å². The zero-order chi connectivity index (χ0) is 17.1. The zero-order valence-corrected chi connectivity index (χ0v) is 14.5. The molecule has 2 unspecified atom stereocenters. The van der Waals surface area contributed by atoms with E-state index in [4.69, 9.17) is 5.73 Å². The van der Waals surface area contributed by atoms with Crippen molar-refractivity contribution in [3.63, 3.8) is 0 Å². The van der Waals surface area contributed by atoms with Crippen molar-refractivity contribution >= 4 is 17.5 Å². The van der Waals surface area contributed by atoms with Gasteiger partial charge >= 0.3 is 0 Å². The Hall–Kier alpha value is -1.88. The van der Waals surface area contributed by atoms with Gasteiger partial charge in [0.2, 0.25) is 11.8 Å². The summed E-state index contributed by atoms with van der Waals surface area (Å²) < 4.78 is 0. The number of carbonyl (C=O) groups excluding carboxylic acids is 2. The lowest BCUT2D eigenvalue weighted by Crippen LogP contribution is -2.44. The van der Waals surface area contributed by atoms with Crippen molar-refractivity contribution in [2.45, 2.75) is 39.2 Å². The number of carbonyl (C=O) groups is 2. The first kappa shape index (κ1) is 17.5. The molecule has 126 valence electrons. The number of likely N-dealkylation sites (N-methyl/N-ethyl adjacent to an activating group) is 1. The molecular formula is C18H27N3O2. The van der Waals surface area contributed by atoms with Crippen LogP contribution in [0.4, 0.5) is 5.69 Å². The molecule has 1 saturated heterocycles. The molecule has 1 aromatic carbocycles. The SMILES string of the molecule is CC(C)c1ccc(N2CCC(C(=O)N(C)C(C)CN)C2=O)cc1. The van der Waals surface area contributed by atoms with Crippen molar-refractivity contribution in [3.8, 4) is 0 Å².